The standard InChI is InChI=1S/C63H37N5O/c1-3-17-39(18-4-1)61-64-62(42-31-32-47-45-24-13-14-29-54(45)67(55(47)36-42)43-21-5-2-6-22-43)66-63(65-61)51-28-15-27-50-53-37-57(46-25-11-12-26-49(46)60(53)69-59(50)51)68-56-35-41-20-8-7-19-40(41)34-52(56)48-33-30-38-16-9-10-23-44(38)58(48)68/h1-37H. The van der Waals surface area contributed by atoms with Crippen molar-refractivity contribution < 1.29 is 4.42 Å². The van der Waals surface area contributed by atoms with E-state index < -0.39 is 0 Å². The van der Waals surface area contributed by atoms with Gasteiger partial charge in [-0.15, -0.1) is 0 Å². The molecule has 0 atom stereocenters. The Balaban J connectivity index is 0.985. The molecule has 11 aromatic carbocycles. The number of rotatable bonds is 5. The van der Waals surface area contributed by atoms with Gasteiger partial charge in [-0.05, 0) is 64.7 Å². The Bertz CT molecular complexity index is 4600. The van der Waals surface area contributed by atoms with Crippen LogP contribution in [0, 0.1) is 0 Å². The molecule has 0 fully saturated rings. The fraction of sp³-hybridized carbons (Fsp3) is 0. The summed E-state index contributed by atoms with van der Waals surface area (Å²) in [5, 5.41) is 13.8. The summed E-state index contributed by atoms with van der Waals surface area (Å²) < 4.78 is 12.0. The first kappa shape index (κ1) is 37.8. The van der Waals surface area contributed by atoms with Gasteiger partial charge in [-0.25, -0.2) is 15.0 Å². The van der Waals surface area contributed by atoms with E-state index in [0.717, 1.165) is 82.7 Å². The normalized spacial score (nSPS) is 12.1. The van der Waals surface area contributed by atoms with Crippen molar-refractivity contribution in [1.82, 2.24) is 24.1 Å². The largest absolute Gasteiger partial charge is 0.455 e. The van der Waals surface area contributed by atoms with E-state index >= 15 is 0 Å². The average Bonchev–Trinajstić information content (AvgIpc) is 4.08. The van der Waals surface area contributed by atoms with Crippen LogP contribution in [0.15, 0.2) is 229 Å². The van der Waals surface area contributed by atoms with Gasteiger partial charge in [-0.1, -0.05) is 176 Å². The van der Waals surface area contributed by atoms with Gasteiger partial charge >= 0.3 is 0 Å². The van der Waals surface area contributed by atoms with E-state index in [2.05, 4.69) is 215 Å². The molecule has 0 saturated carbocycles. The quantitative estimate of drug-likeness (QED) is 0.173. The van der Waals surface area contributed by atoms with Gasteiger partial charge in [-0.3, -0.25) is 0 Å². The van der Waals surface area contributed by atoms with E-state index in [1.165, 1.54) is 43.2 Å². The Labute approximate surface area is 394 Å². The number of benzene rings is 11. The van der Waals surface area contributed by atoms with Gasteiger partial charge in [0.1, 0.15) is 11.2 Å². The third kappa shape index (κ3) is 5.63. The summed E-state index contributed by atoms with van der Waals surface area (Å²) in [5.74, 6) is 1.71. The second-order valence-corrected chi connectivity index (χ2v) is 17.9. The Morgan fingerprint density at radius 2 is 0.899 bits per heavy atom. The highest BCUT2D eigenvalue weighted by molar-refractivity contribution is 6.24. The second kappa shape index (κ2) is 14.6. The zero-order valence-electron chi connectivity index (χ0n) is 37.0. The molecule has 0 radical (unpaired) electrons. The maximum absolute atomic E-state index is 7.16. The molecule has 0 aliphatic carbocycles. The van der Waals surface area contributed by atoms with Crippen LogP contribution in [0.5, 0.6) is 0 Å². The molecular weight excluding hydrogens is 843 g/mol. The van der Waals surface area contributed by atoms with Crippen molar-refractivity contribution in [2.24, 2.45) is 0 Å². The lowest BCUT2D eigenvalue weighted by molar-refractivity contribution is 0.673. The molecule has 4 heterocycles. The van der Waals surface area contributed by atoms with Crippen LogP contribution < -0.4 is 0 Å². The number of hydrogen-bond acceptors (Lipinski definition) is 4. The Hall–Kier alpha value is -9.39. The van der Waals surface area contributed by atoms with Crippen molar-refractivity contribution in [1.29, 1.82) is 0 Å². The van der Waals surface area contributed by atoms with Crippen LogP contribution in [0.2, 0.25) is 0 Å². The molecule has 69 heavy (non-hydrogen) atoms. The summed E-state index contributed by atoms with van der Waals surface area (Å²) in [6.07, 6.45) is 0. The van der Waals surface area contributed by atoms with Gasteiger partial charge in [0.15, 0.2) is 17.5 Å². The summed E-state index contributed by atoms with van der Waals surface area (Å²) in [6.45, 7) is 0. The lowest BCUT2D eigenvalue weighted by Gasteiger charge is -2.14. The molecule has 0 spiro atoms. The lowest BCUT2D eigenvalue weighted by atomic mass is 10.0. The molecule has 4 aromatic heterocycles. The van der Waals surface area contributed by atoms with Gasteiger partial charge in [-0.2, -0.15) is 0 Å². The van der Waals surface area contributed by atoms with Gasteiger partial charge in [0.25, 0.3) is 0 Å². The molecule has 6 nitrogen and oxygen atoms in total. The molecule has 15 aromatic rings. The van der Waals surface area contributed by atoms with Gasteiger partial charge < -0.3 is 13.6 Å². The predicted molar refractivity (Wildman–Crippen MR) is 285 cm³/mol. The first-order valence-electron chi connectivity index (χ1n) is 23.3. The molecule has 6 heteroatoms. The van der Waals surface area contributed by atoms with Crippen LogP contribution in [0.4, 0.5) is 0 Å². The molecule has 0 aliphatic heterocycles. The summed E-state index contributed by atoms with van der Waals surface area (Å²) in [6, 6.07) is 79.7. The van der Waals surface area contributed by atoms with Crippen molar-refractivity contribution in [2.75, 3.05) is 0 Å². The smallest absolute Gasteiger partial charge is 0.167 e. The SMILES string of the molecule is c1ccc(-c2nc(-c3ccc4c5ccccc5n(-c5ccccc5)c4c3)nc(-c3cccc4c3oc3c5ccccc5c(-n5c6cc7ccccc7cc6c6ccc7ccccc7c65)cc43)n2)cc1. The fourth-order valence-corrected chi connectivity index (χ4v) is 11.0. The summed E-state index contributed by atoms with van der Waals surface area (Å²) in [4.78, 5) is 15.8. The van der Waals surface area contributed by atoms with Crippen molar-refractivity contribution in [3.05, 3.63) is 224 Å². The van der Waals surface area contributed by atoms with Crippen LogP contribution in [-0.4, -0.2) is 24.1 Å². The first-order chi connectivity index (χ1) is 34.2. The van der Waals surface area contributed by atoms with Crippen molar-refractivity contribution in [3.8, 4) is 45.5 Å². The van der Waals surface area contributed by atoms with E-state index in [-0.39, 0.29) is 0 Å². The van der Waals surface area contributed by atoms with E-state index in [4.69, 9.17) is 19.4 Å². The van der Waals surface area contributed by atoms with Crippen LogP contribution in [-0.2, 0) is 0 Å². The highest BCUT2D eigenvalue weighted by atomic mass is 16.3. The van der Waals surface area contributed by atoms with Crippen molar-refractivity contribution >= 4 is 97.9 Å². The molecule has 0 N–H and O–H groups in total. The highest BCUT2D eigenvalue weighted by Gasteiger charge is 2.24. The molecule has 0 saturated heterocycles. The monoisotopic (exact) mass is 879 g/mol. The van der Waals surface area contributed by atoms with E-state index in [0.29, 0.717) is 17.5 Å². The predicted octanol–water partition coefficient (Wildman–Crippen LogP) is 16.4. The summed E-state index contributed by atoms with van der Waals surface area (Å²) in [5.41, 5.74) is 10.9. The molecule has 0 unspecified atom stereocenters. The van der Waals surface area contributed by atoms with E-state index in [1.807, 2.05) is 18.2 Å². The maximum atomic E-state index is 7.16. The topological polar surface area (TPSA) is 61.7 Å². The Morgan fingerprint density at radius 1 is 0.304 bits per heavy atom. The molecular formula is C63H37N5O. The van der Waals surface area contributed by atoms with Gasteiger partial charge in [0.2, 0.25) is 0 Å². The van der Waals surface area contributed by atoms with Crippen molar-refractivity contribution in [2.45, 2.75) is 0 Å². The van der Waals surface area contributed by atoms with Crippen molar-refractivity contribution in [3.63, 3.8) is 0 Å². The lowest BCUT2D eigenvalue weighted by Crippen LogP contribution is -2.00. The third-order valence-corrected chi connectivity index (χ3v) is 14.1. The van der Waals surface area contributed by atoms with Gasteiger partial charge in [0, 0.05) is 65.3 Å². The number of fused-ring (bicyclic) bond motifs is 14. The van der Waals surface area contributed by atoms with Gasteiger partial charge in [0.05, 0.1) is 33.3 Å². The maximum Gasteiger partial charge on any atom is 0.167 e. The van der Waals surface area contributed by atoms with Crippen LogP contribution in [0.3, 0.4) is 0 Å². The minimum atomic E-state index is 0.539. The van der Waals surface area contributed by atoms with Crippen LogP contribution in [0.25, 0.3) is 143 Å². The zero-order valence-corrected chi connectivity index (χ0v) is 37.0. The summed E-state index contributed by atoms with van der Waals surface area (Å²) >= 11 is 0. The second-order valence-electron chi connectivity index (χ2n) is 17.9. The molecule has 0 aliphatic rings. The Kier molecular flexibility index (Phi) is 7.97. The minimum Gasteiger partial charge on any atom is -0.455 e. The van der Waals surface area contributed by atoms with Crippen LogP contribution in [0.1, 0.15) is 0 Å². The summed E-state index contributed by atoms with van der Waals surface area (Å²) in [7, 11) is 0. The fourth-order valence-electron chi connectivity index (χ4n) is 11.0. The number of hydrogen-bond donors (Lipinski definition) is 0. The minimum absolute atomic E-state index is 0.539. The molecule has 0 bridgehead atoms. The molecule has 0 amide bonds. The first-order valence-corrected chi connectivity index (χ1v) is 23.3. The number of para-hydroxylation sites is 3. The van der Waals surface area contributed by atoms with E-state index in [1.54, 1.807) is 0 Å². The van der Waals surface area contributed by atoms with E-state index in [9.17, 15) is 0 Å². The average molecular weight is 880 g/mol. The Morgan fingerprint density at radius 3 is 1.72 bits per heavy atom. The highest BCUT2D eigenvalue weighted by Crippen LogP contribution is 2.45. The molecule has 320 valence electrons. The third-order valence-electron chi connectivity index (χ3n) is 14.1. The molecule has 15 rings (SSSR count). The number of aromatic nitrogens is 5. The van der Waals surface area contributed by atoms with Crippen LogP contribution >= 0.6 is 0 Å². The zero-order chi connectivity index (χ0) is 45.2. The number of nitrogens with zero attached hydrogens (tertiary/aromatic N) is 5. The number of furan rings is 1.